The third-order valence-corrected chi connectivity index (χ3v) is 4.83. The van der Waals surface area contributed by atoms with E-state index in [0.29, 0.717) is 22.4 Å². The highest BCUT2D eigenvalue weighted by Crippen LogP contribution is 2.34. The molecule has 6 nitrogen and oxygen atoms in total. The quantitative estimate of drug-likeness (QED) is 0.314. The number of hydrogen-bond acceptors (Lipinski definition) is 5. The Balaban J connectivity index is 1.74. The zero-order chi connectivity index (χ0) is 20.4. The summed E-state index contributed by atoms with van der Waals surface area (Å²) in [6.07, 6.45) is 4.45. The van der Waals surface area contributed by atoms with Crippen LogP contribution in [0.4, 0.5) is 5.69 Å². The van der Waals surface area contributed by atoms with Gasteiger partial charge in [0.25, 0.3) is 5.91 Å². The number of carbonyl (C=O) groups excluding carboxylic acids is 2. The topological polar surface area (TPSA) is 85.3 Å². The number of halogens is 1. The lowest BCUT2D eigenvalue weighted by molar-refractivity contribution is 0.102. The fourth-order valence-electron chi connectivity index (χ4n) is 2.88. The number of furan rings is 1. The van der Waals surface area contributed by atoms with Gasteiger partial charge >= 0.3 is 0 Å². The predicted octanol–water partition coefficient (Wildman–Crippen LogP) is 5.64. The third kappa shape index (κ3) is 3.90. The number of aromatic nitrogens is 1. The first kappa shape index (κ1) is 18.9. The molecule has 2 aromatic heterocycles. The van der Waals surface area contributed by atoms with Crippen LogP contribution in [0.1, 0.15) is 32.2 Å². The van der Waals surface area contributed by atoms with Crippen molar-refractivity contribution in [2.45, 2.75) is 6.92 Å². The summed E-state index contributed by atoms with van der Waals surface area (Å²) in [6, 6.07) is 14.8. The number of aryl methyl sites for hydroxylation is 1. The van der Waals surface area contributed by atoms with Crippen LogP contribution in [0.25, 0.3) is 17.0 Å². The molecule has 0 bridgehead atoms. The first-order valence-corrected chi connectivity index (χ1v) is 9.54. The predicted molar refractivity (Wildman–Crippen MR) is 113 cm³/mol. The third-order valence-electron chi connectivity index (χ3n) is 4.33. The number of nitrogens with one attached hydrogen (secondary N) is 1. The first-order valence-electron chi connectivity index (χ1n) is 8.75. The molecule has 0 unspecified atom stereocenters. The number of anilines is 1. The minimum atomic E-state index is -0.437. The van der Waals surface area contributed by atoms with Gasteiger partial charge in [0.05, 0.1) is 11.9 Å². The normalized spacial score (nSPS) is 11.2. The zero-order valence-corrected chi connectivity index (χ0v) is 16.9. The van der Waals surface area contributed by atoms with E-state index in [2.05, 4.69) is 26.4 Å². The van der Waals surface area contributed by atoms with Crippen molar-refractivity contribution in [2.75, 3.05) is 5.32 Å². The first-order chi connectivity index (χ1) is 14.0. The van der Waals surface area contributed by atoms with Crippen molar-refractivity contribution in [3.8, 4) is 0 Å². The summed E-state index contributed by atoms with van der Waals surface area (Å²) in [7, 11) is 0. The van der Waals surface area contributed by atoms with Gasteiger partial charge in [0.15, 0.2) is 5.76 Å². The smallest absolute Gasteiger partial charge is 0.261 e. The van der Waals surface area contributed by atoms with Gasteiger partial charge in [-0.25, -0.2) is 0 Å². The minimum absolute atomic E-state index is 0.0488. The van der Waals surface area contributed by atoms with Crippen molar-refractivity contribution < 1.29 is 18.5 Å². The van der Waals surface area contributed by atoms with Crippen molar-refractivity contribution in [2.24, 2.45) is 0 Å². The highest BCUT2D eigenvalue weighted by molar-refractivity contribution is 9.10. The van der Waals surface area contributed by atoms with Gasteiger partial charge in [-0.05, 0) is 36.8 Å². The number of allylic oxidation sites excluding steroid dienone is 1. The van der Waals surface area contributed by atoms with Crippen LogP contribution in [-0.4, -0.2) is 16.8 Å². The van der Waals surface area contributed by atoms with Crippen molar-refractivity contribution in [3.63, 3.8) is 0 Å². The summed E-state index contributed by atoms with van der Waals surface area (Å²) in [5.74, 6) is -0.368. The van der Waals surface area contributed by atoms with Gasteiger partial charge < -0.3 is 14.3 Å². The second-order valence-corrected chi connectivity index (χ2v) is 7.22. The van der Waals surface area contributed by atoms with Gasteiger partial charge in [0.1, 0.15) is 16.9 Å². The SMILES string of the molecule is Cc1oncc1C(=O)Nc1c(C(=O)C=Cc2ccccc2)oc2ccc(Br)cc12. The molecule has 29 heavy (non-hydrogen) atoms. The summed E-state index contributed by atoms with van der Waals surface area (Å²) in [5, 5.41) is 7.01. The van der Waals surface area contributed by atoms with Crippen LogP contribution in [0.5, 0.6) is 0 Å². The van der Waals surface area contributed by atoms with Crippen molar-refractivity contribution in [1.29, 1.82) is 0 Å². The minimum Gasteiger partial charge on any atom is -0.450 e. The Labute approximate surface area is 174 Å². The summed E-state index contributed by atoms with van der Waals surface area (Å²) in [6.45, 7) is 1.64. The van der Waals surface area contributed by atoms with Crippen molar-refractivity contribution in [1.82, 2.24) is 5.16 Å². The molecule has 1 N–H and O–H groups in total. The average molecular weight is 451 g/mol. The molecule has 0 radical (unpaired) electrons. The molecule has 0 aliphatic carbocycles. The van der Waals surface area contributed by atoms with E-state index in [4.69, 9.17) is 8.94 Å². The Kier molecular flexibility index (Phi) is 5.14. The number of fused-ring (bicyclic) bond motifs is 1. The number of hydrogen-bond donors (Lipinski definition) is 1. The van der Waals surface area contributed by atoms with E-state index in [9.17, 15) is 9.59 Å². The van der Waals surface area contributed by atoms with E-state index in [0.717, 1.165) is 10.0 Å². The molecule has 2 aromatic carbocycles. The zero-order valence-electron chi connectivity index (χ0n) is 15.3. The van der Waals surface area contributed by atoms with Gasteiger partial charge in [-0.15, -0.1) is 0 Å². The van der Waals surface area contributed by atoms with Gasteiger partial charge in [-0.2, -0.15) is 0 Å². The fraction of sp³-hybridized carbons (Fsp3) is 0.0455. The Hall–Kier alpha value is -3.45. The van der Waals surface area contributed by atoms with Gasteiger partial charge in [-0.3, -0.25) is 9.59 Å². The molecule has 7 heteroatoms. The lowest BCUT2D eigenvalue weighted by Crippen LogP contribution is -2.14. The molecular formula is C22H15BrN2O4. The lowest BCUT2D eigenvalue weighted by atomic mass is 10.1. The summed E-state index contributed by atoms with van der Waals surface area (Å²) in [5.41, 5.74) is 1.95. The molecule has 2 heterocycles. The Bertz CT molecular complexity index is 1240. The monoisotopic (exact) mass is 450 g/mol. The molecule has 1 amide bonds. The summed E-state index contributed by atoms with van der Waals surface area (Å²) in [4.78, 5) is 25.5. The second kappa shape index (κ2) is 7.89. The van der Waals surface area contributed by atoms with E-state index in [1.165, 1.54) is 12.3 Å². The van der Waals surface area contributed by atoms with E-state index in [1.807, 2.05) is 30.3 Å². The average Bonchev–Trinajstić information content (AvgIpc) is 3.30. The number of ketones is 1. The van der Waals surface area contributed by atoms with E-state index in [-0.39, 0.29) is 17.1 Å². The Morgan fingerprint density at radius 2 is 1.93 bits per heavy atom. The molecular weight excluding hydrogens is 436 g/mol. The molecule has 0 fully saturated rings. The Morgan fingerprint density at radius 1 is 1.14 bits per heavy atom. The Morgan fingerprint density at radius 3 is 2.66 bits per heavy atom. The number of nitrogens with zero attached hydrogens (tertiary/aromatic N) is 1. The number of benzene rings is 2. The molecule has 144 valence electrons. The molecule has 0 saturated carbocycles. The summed E-state index contributed by atoms with van der Waals surface area (Å²) < 4.78 is 11.5. The largest absolute Gasteiger partial charge is 0.450 e. The van der Waals surface area contributed by atoms with E-state index in [1.54, 1.807) is 31.2 Å². The van der Waals surface area contributed by atoms with Crippen LogP contribution in [0.3, 0.4) is 0 Å². The molecule has 0 spiro atoms. The van der Waals surface area contributed by atoms with Crippen LogP contribution in [0.2, 0.25) is 0 Å². The van der Waals surface area contributed by atoms with Crippen LogP contribution in [0, 0.1) is 6.92 Å². The van der Waals surface area contributed by atoms with Crippen LogP contribution >= 0.6 is 15.9 Å². The number of rotatable bonds is 5. The van der Waals surface area contributed by atoms with Crippen LogP contribution < -0.4 is 5.32 Å². The maximum atomic E-state index is 12.9. The van der Waals surface area contributed by atoms with Gasteiger partial charge in [0.2, 0.25) is 5.78 Å². The van der Waals surface area contributed by atoms with Crippen LogP contribution in [0.15, 0.2) is 74.2 Å². The fourth-order valence-corrected chi connectivity index (χ4v) is 3.24. The summed E-state index contributed by atoms with van der Waals surface area (Å²) >= 11 is 3.41. The van der Waals surface area contributed by atoms with E-state index < -0.39 is 5.91 Å². The van der Waals surface area contributed by atoms with Crippen LogP contribution in [-0.2, 0) is 0 Å². The van der Waals surface area contributed by atoms with E-state index >= 15 is 0 Å². The molecule has 0 atom stereocenters. The van der Waals surface area contributed by atoms with Crippen molar-refractivity contribution in [3.05, 3.63) is 87.9 Å². The second-order valence-electron chi connectivity index (χ2n) is 6.30. The molecule has 4 aromatic rings. The highest BCUT2D eigenvalue weighted by Gasteiger charge is 2.23. The highest BCUT2D eigenvalue weighted by atomic mass is 79.9. The molecule has 0 saturated heterocycles. The van der Waals surface area contributed by atoms with Crippen molar-refractivity contribution >= 4 is 50.4 Å². The maximum Gasteiger partial charge on any atom is 0.261 e. The number of carbonyl (C=O) groups is 2. The standard InChI is InChI=1S/C22H15BrN2O4/c1-13-17(12-24-29-13)22(27)25-20-16-11-15(23)8-10-19(16)28-21(20)18(26)9-7-14-5-3-2-4-6-14/h2-12H,1H3,(H,25,27). The molecule has 4 rings (SSSR count). The maximum absolute atomic E-state index is 12.9. The van der Waals surface area contributed by atoms with Gasteiger partial charge in [0, 0.05) is 9.86 Å². The van der Waals surface area contributed by atoms with Gasteiger partial charge in [-0.1, -0.05) is 57.5 Å². The molecule has 0 aliphatic heterocycles. The number of amides is 1. The lowest BCUT2D eigenvalue weighted by Gasteiger charge is -2.04. The molecule has 0 aliphatic rings.